The Morgan fingerprint density at radius 3 is 2.79 bits per heavy atom. The van der Waals surface area contributed by atoms with Gasteiger partial charge in [0.15, 0.2) is 8.68 Å². The number of carbonyl (C=O) groups is 2. The first-order valence-electron chi connectivity index (χ1n) is 8.78. The predicted octanol–water partition coefficient (Wildman–Crippen LogP) is 3.43. The molecule has 2 amide bonds. The van der Waals surface area contributed by atoms with Gasteiger partial charge in [-0.15, -0.1) is 10.2 Å². The second kappa shape index (κ2) is 11.4. The van der Waals surface area contributed by atoms with Crippen molar-refractivity contribution in [3.63, 3.8) is 0 Å². The standard InChI is InChI=1S/C18H23FN4O2S3/c1-4-8-20-15(24)11-26-17-21-22-18(28-17)27-12(2)16(25)23(3)10-13-6-5-7-14(19)9-13/h5-7,9,12H,4,8,10-11H2,1-3H3,(H,20,24). The van der Waals surface area contributed by atoms with Crippen molar-refractivity contribution in [2.45, 2.75) is 40.7 Å². The fraction of sp³-hybridized carbons (Fsp3) is 0.444. The van der Waals surface area contributed by atoms with Crippen molar-refractivity contribution in [3.05, 3.63) is 35.6 Å². The zero-order valence-corrected chi connectivity index (χ0v) is 18.4. The minimum atomic E-state index is -0.350. The Morgan fingerprint density at radius 1 is 1.32 bits per heavy atom. The second-order valence-corrected chi connectivity index (χ2v) is 9.84. The van der Waals surface area contributed by atoms with Gasteiger partial charge in [-0.2, -0.15) is 0 Å². The van der Waals surface area contributed by atoms with Gasteiger partial charge in [0.2, 0.25) is 11.8 Å². The van der Waals surface area contributed by atoms with E-state index in [1.54, 1.807) is 24.1 Å². The molecule has 0 bridgehead atoms. The summed E-state index contributed by atoms with van der Waals surface area (Å²) in [5.41, 5.74) is 0.740. The van der Waals surface area contributed by atoms with Gasteiger partial charge in [-0.3, -0.25) is 9.59 Å². The van der Waals surface area contributed by atoms with Crippen LogP contribution in [0.1, 0.15) is 25.8 Å². The van der Waals surface area contributed by atoms with Crippen LogP contribution in [-0.2, 0) is 16.1 Å². The third-order valence-corrected chi connectivity index (χ3v) is 6.83. The Bertz CT molecular complexity index is 803. The van der Waals surface area contributed by atoms with Crippen LogP contribution in [0.4, 0.5) is 4.39 Å². The van der Waals surface area contributed by atoms with Gasteiger partial charge in [-0.25, -0.2) is 4.39 Å². The first-order chi connectivity index (χ1) is 13.4. The van der Waals surface area contributed by atoms with Crippen LogP contribution in [0.15, 0.2) is 32.9 Å². The molecule has 2 rings (SSSR count). The third-order valence-electron chi connectivity index (χ3n) is 3.60. The number of nitrogens with zero attached hydrogens (tertiary/aromatic N) is 3. The first-order valence-corrected chi connectivity index (χ1v) is 11.5. The summed E-state index contributed by atoms with van der Waals surface area (Å²) in [6, 6.07) is 6.22. The smallest absolute Gasteiger partial charge is 0.235 e. The number of hydrogen-bond donors (Lipinski definition) is 1. The summed E-state index contributed by atoms with van der Waals surface area (Å²) in [5, 5.41) is 10.6. The van der Waals surface area contributed by atoms with E-state index in [-0.39, 0.29) is 22.9 Å². The molecule has 1 aromatic carbocycles. The highest BCUT2D eigenvalue weighted by Gasteiger charge is 2.21. The molecule has 0 fully saturated rings. The number of benzene rings is 1. The molecule has 1 aromatic heterocycles. The van der Waals surface area contributed by atoms with Crippen LogP contribution in [0, 0.1) is 5.82 Å². The molecule has 0 spiro atoms. The molecule has 0 saturated carbocycles. The molecule has 0 saturated heterocycles. The Labute approximate surface area is 176 Å². The lowest BCUT2D eigenvalue weighted by Crippen LogP contribution is -2.32. The number of halogens is 1. The van der Waals surface area contributed by atoms with E-state index in [1.807, 2.05) is 13.8 Å². The van der Waals surface area contributed by atoms with E-state index in [4.69, 9.17) is 0 Å². The quantitative estimate of drug-likeness (QED) is 0.568. The number of thioether (sulfide) groups is 2. The average Bonchev–Trinajstić information content (AvgIpc) is 3.11. The molecule has 2 aromatic rings. The maximum atomic E-state index is 13.3. The molecule has 0 radical (unpaired) electrons. The minimum absolute atomic E-state index is 0.0289. The van der Waals surface area contributed by atoms with Gasteiger partial charge in [0.1, 0.15) is 5.82 Å². The van der Waals surface area contributed by atoms with Crippen molar-refractivity contribution in [1.82, 2.24) is 20.4 Å². The molecule has 1 unspecified atom stereocenters. The molecule has 152 valence electrons. The maximum Gasteiger partial charge on any atom is 0.235 e. The predicted molar refractivity (Wildman–Crippen MR) is 112 cm³/mol. The van der Waals surface area contributed by atoms with Crippen LogP contribution in [0.2, 0.25) is 0 Å². The van der Waals surface area contributed by atoms with E-state index >= 15 is 0 Å². The fourth-order valence-corrected chi connectivity index (χ4v) is 5.35. The molecule has 1 atom stereocenters. The molecular weight excluding hydrogens is 419 g/mol. The molecule has 1 heterocycles. The molecule has 0 aliphatic carbocycles. The lowest BCUT2D eigenvalue weighted by molar-refractivity contribution is -0.129. The Balaban J connectivity index is 1.83. The Kier molecular flexibility index (Phi) is 9.20. The molecule has 1 N–H and O–H groups in total. The second-order valence-electron chi connectivity index (χ2n) is 6.06. The highest BCUT2D eigenvalue weighted by molar-refractivity contribution is 8.04. The highest BCUT2D eigenvalue weighted by atomic mass is 32.2. The summed E-state index contributed by atoms with van der Waals surface area (Å²) in [7, 11) is 1.70. The number of hydrogen-bond acceptors (Lipinski definition) is 7. The van der Waals surface area contributed by atoms with Crippen LogP contribution in [-0.4, -0.2) is 51.5 Å². The molecule has 0 aliphatic rings. The van der Waals surface area contributed by atoms with Gasteiger partial charge in [0, 0.05) is 20.1 Å². The molecule has 0 aliphatic heterocycles. The summed E-state index contributed by atoms with van der Waals surface area (Å²) in [6.45, 7) is 4.81. The summed E-state index contributed by atoms with van der Waals surface area (Å²) >= 11 is 4.03. The third kappa shape index (κ3) is 7.40. The summed E-state index contributed by atoms with van der Waals surface area (Å²) in [5.74, 6) is -0.121. The number of carbonyl (C=O) groups excluding carboxylic acids is 2. The van der Waals surface area contributed by atoms with Crippen LogP contribution >= 0.6 is 34.9 Å². The van der Waals surface area contributed by atoms with Crippen LogP contribution < -0.4 is 5.32 Å². The van der Waals surface area contributed by atoms with Crippen molar-refractivity contribution < 1.29 is 14.0 Å². The van der Waals surface area contributed by atoms with Gasteiger partial charge in [-0.05, 0) is 31.0 Å². The SMILES string of the molecule is CCCNC(=O)CSc1nnc(SC(C)C(=O)N(C)Cc2cccc(F)c2)s1. The number of aromatic nitrogens is 2. The van der Waals surface area contributed by atoms with Crippen LogP contribution in [0.5, 0.6) is 0 Å². The van der Waals surface area contributed by atoms with Crippen molar-refractivity contribution in [2.24, 2.45) is 0 Å². The maximum absolute atomic E-state index is 13.3. The summed E-state index contributed by atoms with van der Waals surface area (Å²) in [6.07, 6.45) is 0.898. The van der Waals surface area contributed by atoms with Crippen molar-refractivity contribution in [1.29, 1.82) is 0 Å². The Hall–Kier alpha value is -1.65. The average molecular weight is 443 g/mol. The monoisotopic (exact) mass is 442 g/mol. The number of amides is 2. The van der Waals surface area contributed by atoms with E-state index < -0.39 is 0 Å². The van der Waals surface area contributed by atoms with Gasteiger partial charge in [-0.1, -0.05) is 53.9 Å². The van der Waals surface area contributed by atoms with E-state index in [1.165, 1.54) is 47.0 Å². The number of rotatable bonds is 10. The van der Waals surface area contributed by atoms with Gasteiger partial charge in [0.05, 0.1) is 11.0 Å². The van der Waals surface area contributed by atoms with Gasteiger partial charge in [0.25, 0.3) is 0 Å². The largest absolute Gasteiger partial charge is 0.355 e. The van der Waals surface area contributed by atoms with Crippen LogP contribution in [0.25, 0.3) is 0 Å². The van der Waals surface area contributed by atoms with Crippen molar-refractivity contribution in [2.75, 3.05) is 19.3 Å². The topological polar surface area (TPSA) is 75.2 Å². The Morgan fingerprint density at radius 2 is 2.07 bits per heavy atom. The van der Waals surface area contributed by atoms with E-state index in [2.05, 4.69) is 15.5 Å². The van der Waals surface area contributed by atoms with Crippen molar-refractivity contribution in [3.8, 4) is 0 Å². The van der Waals surface area contributed by atoms with Crippen molar-refractivity contribution >= 4 is 46.7 Å². The lowest BCUT2D eigenvalue weighted by Gasteiger charge is -2.20. The lowest BCUT2D eigenvalue weighted by atomic mass is 10.2. The molecule has 28 heavy (non-hydrogen) atoms. The zero-order chi connectivity index (χ0) is 20.5. The molecule has 6 nitrogen and oxygen atoms in total. The van der Waals surface area contributed by atoms with Crippen LogP contribution in [0.3, 0.4) is 0 Å². The zero-order valence-electron chi connectivity index (χ0n) is 16.0. The van der Waals surface area contributed by atoms with E-state index in [0.29, 0.717) is 27.5 Å². The summed E-state index contributed by atoms with van der Waals surface area (Å²) in [4.78, 5) is 25.8. The fourth-order valence-electron chi connectivity index (χ4n) is 2.24. The van der Waals surface area contributed by atoms with Gasteiger partial charge >= 0.3 is 0 Å². The van der Waals surface area contributed by atoms with E-state index in [9.17, 15) is 14.0 Å². The normalized spacial score (nSPS) is 11.9. The summed E-state index contributed by atoms with van der Waals surface area (Å²) < 4.78 is 14.7. The van der Waals surface area contributed by atoms with E-state index in [0.717, 1.165) is 12.0 Å². The van der Waals surface area contributed by atoms with Gasteiger partial charge < -0.3 is 10.2 Å². The molecule has 10 heteroatoms. The minimum Gasteiger partial charge on any atom is -0.355 e. The first kappa shape index (κ1) is 22.6. The molecular formula is C18H23FN4O2S3. The highest BCUT2D eigenvalue weighted by Crippen LogP contribution is 2.31. The number of nitrogens with one attached hydrogen (secondary N) is 1.